The molecule has 0 fully saturated rings. The molecule has 6 nitrogen and oxygen atoms in total. The van der Waals surface area contributed by atoms with Gasteiger partial charge < -0.3 is 14.5 Å². The minimum absolute atomic E-state index is 0.0622. The van der Waals surface area contributed by atoms with Crippen LogP contribution >= 0.6 is 11.6 Å². The lowest BCUT2D eigenvalue weighted by molar-refractivity contribution is 0.331. The SMILES string of the molecule is Cc1ccc(S(=O)(=O)c2nc(-c3ccc(Cl)cc3)oc2NCCOc2ccccc2)cc1. The molecule has 0 saturated heterocycles. The van der Waals surface area contributed by atoms with Gasteiger partial charge in [0.05, 0.1) is 11.4 Å². The summed E-state index contributed by atoms with van der Waals surface area (Å²) in [6.45, 7) is 2.52. The Bertz CT molecular complexity index is 1290. The molecule has 0 saturated carbocycles. The van der Waals surface area contributed by atoms with Crippen molar-refractivity contribution in [1.82, 2.24) is 4.98 Å². The smallest absolute Gasteiger partial charge is 0.234 e. The molecule has 4 aromatic rings. The lowest BCUT2D eigenvalue weighted by Gasteiger charge is -2.08. The fourth-order valence-electron chi connectivity index (χ4n) is 3.00. The topological polar surface area (TPSA) is 81.4 Å². The third-order valence-corrected chi connectivity index (χ3v) is 6.60. The average Bonchev–Trinajstić information content (AvgIpc) is 3.23. The zero-order chi connectivity index (χ0) is 22.6. The highest BCUT2D eigenvalue weighted by Gasteiger charge is 2.28. The highest BCUT2D eigenvalue weighted by atomic mass is 35.5. The van der Waals surface area contributed by atoms with E-state index in [1.54, 1.807) is 48.5 Å². The van der Waals surface area contributed by atoms with E-state index < -0.39 is 9.84 Å². The fourth-order valence-corrected chi connectivity index (χ4v) is 4.40. The summed E-state index contributed by atoms with van der Waals surface area (Å²) >= 11 is 5.96. The number of aromatic nitrogens is 1. The molecule has 3 aromatic carbocycles. The first-order valence-corrected chi connectivity index (χ1v) is 11.8. The van der Waals surface area contributed by atoms with Gasteiger partial charge in [-0.3, -0.25) is 0 Å². The number of aryl methyl sites for hydroxylation is 1. The van der Waals surface area contributed by atoms with Gasteiger partial charge in [0.15, 0.2) is 0 Å². The van der Waals surface area contributed by atoms with Crippen LogP contribution in [0.4, 0.5) is 5.88 Å². The van der Waals surface area contributed by atoms with Crippen LogP contribution in [0, 0.1) is 6.92 Å². The molecular weight excluding hydrogens is 448 g/mol. The van der Waals surface area contributed by atoms with Crippen LogP contribution in [0.1, 0.15) is 5.56 Å². The number of nitrogens with zero attached hydrogens (tertiary/aromatic N) is 1. The van der Waals surface area contributed by atoms with Crippen molar-refractivity contribution in [2.24, 2.45) is 0 Å². The van der Waals surface area contributed by atoms with E-state index in [1.807, 2.05) is 37.3 Å². The van der Waals surface area contributed by atoms with Gasteiger partial charge in [0.2, 0.25) is 26.6 Å². The summed E-state index contributed by atoms with van der Waals surface area (Å²) in [4.78, 5) is 4.46. The molecule has 1 aromatic heterocycles. The number of anilines is 1. The van der Waals surface area contributed by atoms with Crippen molar-refractivity contribution >= 4 is 27.3 Å². The van der Waals surface area contributed by atoms with Crippen LogP contribution in [-0.4, -0.2) is 26.6 Å². The normalized spacial score (nSPS) is 11.3. The maximum absolute atomic E-state index is 13.3. The van der Waals surface area contributed by atoms with Crippen molar-refractivity contribution in [3.63, 3.8) is 0 Å². The van der Waals surface area contributed by atoms with Gasteiger partial charge in [-0.05, 0) is 55.5 Å². The predicted octanol–water partition coefficient (Wildman–Crippen LogP) is 5.63. The van der Waals surface area contributed by atoms with Crippen LogP contribution in [0.25, 0.3) is 11.5 Å². The first-order valence-electron chi connectivity index (χ1n) is 9.94. The maximum atomic E-state index is 13.3. The third kappa shape index (κ3) is 4.95. The second-order valence-corrected chi connectivity index (χ2v) is 9.37. The highest BCUT2D eigenvalue weighted by molar-refractivity contribution is 7.91. The molecule has 0 spiro atoms. The van der Waals surface area contributed by atoms with E-state index in [2.05, 4.69) is 10.3 Å². The molecular formula is C24H21ClN2O4S. The van der Waals surface area contributed by atoms with E-state index in [0.717, 1.165) is 11.3 Å². The second-order valence-electron chi connectivity index (χ2n) is 7.06. The predicted molar refractivity (Wildman–Crippen MR) is 124 cm³/mol. The molecule has 0 amide bonds. The summed E-state index contributed by atoms with van der Waals surface area (Å²) in [7, 11) is -3.91. The van der Waals surface area contributed by atoms with Crippen LogP contribution in [0.3, 0.4) is 0 Å². The molecule has 0 atom stereocenters. The summed E-state index contributed by atoms with van der Waals surface area (Å²) in [6.07, 6.45) is 0. The van der Waals surface area contributed by atoms with E-state index in [4.69, 9.17) is 20.8 Å². The van der Waals surface area contributed by atoms with E-state index in [9.17, 15) is 8.42 Å². The molecule has 4 rings (SSSR count). The van der Waals surface area contributed by atoms with Gasteiger partial charge >= 0.3 is 0 Å². The Morgan fingerprint density at radius 1 is 0.969 bits per heavy atom. The summed E-state index contributed by atoms with van der Waals surface area (Å²) < 4.78 is 38.1. The van der Waals surface area contributed by atoms with Crippen molar-refractivity contribution in [2.45, 2.75) is 16.8 Å². The molecule has 0 aliphatic rings. The Morgan fingerprint density at radius 2 is 1.66 bits per heavy atom. The summed E-state index contributed by atoms with van der Waals surface area (Å²) in [5.74, 6) is 0.965. The largest absolute Gasteiger partial charge is 0.492 e. The first kappa shape index (κ1) is 21.9. The van der Waals surface area contributed by atoms with Gasteiger partial charge in [-0.25, -0.2) is 8.42 Å². The van der Waals surface area contributed by atoms with E-state index in [1.165, 1.54) is 0 Å². The standard InChI is InChI=1S/C24H21ClN2O4S/c1-17-7-13-21(14-8-17)32(28,29)24-23(26-15-16-30-20-5-3-2-4-6-20)31-22(27-24)18-9-11-19(25)12-10-18/h2-14,26H,15-16H2,1H3. The van der Waals surface area contributed by atoms with Crippen molar-refractivity contribution in [2.75, 3.05) is 18.5 Å². The van der Waals surface area contributed by atoms with Crippen LogP contribution in [0.15, 0.2) is 93.2 Å². The number of para-hydroxylation sites is 1. The third-order valence-electron chi connectivity index (χ3n) is 4.67. The molecule has 0 unspecified atom stereocenters. The summed E-state index contributed by atoms with van der Waals surface area (Å²) in [6, 6.07) is 22.8. The number of hydrogen-bond acceptors (Lipinski definition) is 6. The molecule has 8 heteroatoms. The monoisotopic (exact) mass is 468 g/mol. The van der Waals surface area contributed by atoms with Crippen LogP contribution < -0.4 is 10.1 Å². The van der Waals surface area contributed by atoms with Crippen LogP contribution in [0.2, 0.25) is 5.02 Å². The molecule has 32 heavy (non-hydrogen) atoms. The highest BCUT2D eigenvalue weighted by Crippen LogP contribution is 2.32. The first-order chi connectivity index (χ1) is 15.4. The number of oxazole rings is 1. The molecule has 0 bridgehead atoms. The number of benzene rings is 3. The molecule has 0 radical (unpaired) electrons. The Balaban J connectivity index is 1.62. The van der Waals surface area contributed by atoms with Gasteiger partial charge in [-0.2, -0.15) is 4.98 Å². The van der Waals surface area contributed by atoms with Gasteiger partial charge in [0.25, 0.3) is 0 Å². The van der Waals surface area contributed by atoms with Crippen molar-refractivity contribution in [1.29, 1.82) is 0 Å². The molecule has 0 aliphatic heterocycles. The van der Waals surface area contributed by atoms with Crippen molar-refractivity contribution in [3.05, 3.63) is 89.4 Å². The second kappa shape index (κ2) is 9.46. The molecule has 1 N–H and O–H groups in total. The minimum Gasteiger partial charge on any atom is -0.492 e. The number of halogens is 1. The van der Waals surface area contributed by atoms with Gasteiger partial charge in [0.1, 0.15) is 12.4 Å². The Labute approximate surface area is 191 Å². The zero-order valence-corrected chi connectivity index (χ0v) is 18.9. The Kier molecular flexibility index (Phi) is 6.48. The lowest BCUT2D eigenvalue weighted by Crippen LogP contribution is -2.13. The number of sulfone groups is 1. The van der Waals surface area contributed by atoms with Gasteiger partial charge in [-0.1, -0.05) is 47.5 Å². The molecule has 164 valence electrons. The average molecular weight is 469 g/mol. The van der Waals surface area contributed by atoms with E-state index >= 15 is 0 Å². The zero-order valence-electron chi connectivity index (χ0n) is 17.3. The number of ether oxygens (including phenoxy) is 1. The van der Waals surface area contributed by atoms with Gasteiger partial charge in [-0.15, -0.1) is 0 Å². The van der Waals surface area contributed by atoms with E-state index in [0.29, 0.717) is 23.7 Å². The molecule has 1 heterocycles. The van der Waals surface area contributed by atoms with Crippen molar-refractivity contribution < 1.29 is 17.6 Å². The van der Waals surface area contributed by atoms with E-state index in [-0.39, 0.29) is 21.7 Å². The quantitative estimate of drug-likeness (QED) is 0.337. The minimum atomic E-state index is -3.91. The number of nitrogens with one attached hydrogen (secondary N) is 1. The van der Waals surface area contributed by atoms with Gasteiger partial charge in [0, 0.05) is 10.6 Å². The lowest BCUT2D eigenvalue weighted by atomic mass is 10.2. The Morgan fingerprint density at radius 3 is 2.34 bits per heavy atom. The number of hydrogen-bond donors (Lipinski definition) is 1. The summed E-state index contributed by atoms with van der Waals surface area (Å²) in [5.41, 5.74) is 1.57. The molecule has 0 aliphatic carbocycles. The maximum Gasteiger partial charge on any atom is 0.234 e. The fraction of sp³-hybridized carbons (Fsp3) is 0.125. The van der Waals surface area contributed by atoms with Crippen LogP contribution in [0.5, 0.6) is 5.75 Å². The van der Waals surface area contributed by atoms with Crippen molar-refractivity contribution in [3.8, 4) is 17.2 Å². The summed E-state index contributed by atoms with van der Waals surface area (Å²) in [5, 5.41) is 3.40. The van der Waals surface area contributed by atoms with Crippen LogP contribution in [-0.2, 0) is 9.84 Å². The Hall–Kier alpha value is -3.29. The number of rotatable bonds is 8.